The summed E-state index contributed by atoms with van der Waals surface area (Å²) in [4.78, 5) is 13.0. The van der Waals surface area contributed by atoms with E-state index in [-0.39, 0.29) is 12.3 Å². The quantitative estimate of drug-likeness (QED) is 0.156. The van der Waals surface area contributed by atoms with E-state index in [1.807, 2.05) is 57.2 Å². The van der Waals surface area contributed by atoms with Crippen molar-refractivity contribution < 1.29 is 14.6 Å². The summed E-state index contributed by atoms with van der Waals surface area (Å²) < 4.78 is 8.20. The Labute approximate surface area is 224 Å². The number of carboxylic acids is 1. The zero-order valence-electron chi connectivity index (χ0n) is 22.3. The first-order valence-electron chi connectivity index (χ1n) is 12.6. The van der Waals surface area contributed by atoms with Crippen LogP contribution < -0.4 is 21.3 Å². The molecule has 3 aromatic rings. The van der Waals surface area contributed by atoms with Gasteiger partial charge in [-0.2, -0.15) is 0 Å². The summed E-state index contributed by atoms with van der Waals surface area (Å²) in [5.74, 6) is 5.64. The molecule has 1 atom stereocenters. The predicted octanol–water partition coefficient (Wildman–Crippen LogP) is 5.73. The minimum Gasteiger partial charge on any atom is -0.491 e. The molecular formula is C29H38N4O3S. The molecule has 0 spiro atoms. The van der Waals surface area contributed by atoms with Gasteiger partial charge in [0.1, 0.15) is 12.4 Å². The van der Waals surface area contributed by atoms with Crippen LogP contribution in [0.15, 0.2) is 59.5 Å². The van der Waals surface area contributed by atoms with Gasteiger partial charge in [0, 0.05) is 26.1 Å². The molecule has 1 heterocycles. The summed E-state index contributed by atoms with van der Waals surface area (Å²) >= 11 is 1.69. The summed E-state index contributed by atoms with van der Waals surface area (Å²) in [7, 11) is 1.73. The molecule has 0 aliphatic carbocycles. The number of hydrazine groups is 1. The van der Waals surface area contributed by atoms with Gasteiger partial charge in [-0.25, -0.2) is 10.1 Å². The van der Waals surface area contributed by atoms with E-state index in [0.29, 0.717) is 18.0 Å². The molecule has 0 amide bonds. The molecule has 0 fully saturated rings. The Morgan fingerprint density at radius 3 is 2.59 bits per heavy atom. The van der Waals surface area contributed by atoms with Gasteiger partial charge in [0.2, 0.25) is 0 Å². The van der Waals surface area contributed by atoms with E-state index in [1.165, 1.54) is 10.6 Å². The van der Waals surface area contributed by atoms with Gasteiger partial charge in [-0.15, -0.1) is 0 Å². The number of nitrogens with two attached hydrogens (primary N) is 2. The van der Waals surface area contributed by atoms with Crippen LogP contribution in [0, 0.1) is 13.8 Å². The number of aryl methyl sites for hydroxylation is 1. The van der Waals surface area contributed by atoms with Crippen molar-refractivity contribution in [2.45, 2.75) is 51.5 Å². The fourth-order valence-electron chi connectivity index (χ4n) is 4.46. The number of para-hydroxylation sites is 1. The molecule has 7 nitrogen and oxygen atoms in total. The van der Waals surface area contributed by atoms with Crippen LogP contribution in [0.3, 0.4) is 0 Å². The van der Waals surface area contributed by atoms with Crippen molar-refractivity contribution in [1.82, 2.24) is 4.31 Å². The van der Waals surface area contributed by atoms with E-state index in [0.717, 1.165) is 46.0 Å². The maximum absolute atomic E-state index is 11.9. The normalized spacial score (nSPS) is 13.9. The summed E-state index contributed by atoms with van der Waals surface area (Å²) in [6, 6.07) is 18.1. The molecule has 0 saturated heterocycles. The van der Waals surface area contributed by atoms with Crippen molar-refractivity contribution >= 4 is 29.3 Å². The van der Waals surface area contributed by atoms with Crippen LogP contribution in [-0.4, -0.2) is 35.6 Å². The number of ether oxygens (including phenoxy) is 1. The van der Waals surface area contributed by atoms with E-state index in [1.54, 1.807) is 19.0 Å². The lowest BCUT2D eigenvalue weighted by molar-refractivity contribution is -0.137. The molecule has 0 aromatic heterocycles. The number of hydrogen-bond donors (Lipinski definition) is 3. The van der Waals surface area contributed by atoms with Gasteiger partial charge in [0.25, 0.3) is 0 Å². The van der Waals surface area contributed by atoms with Gasteiger partial charge >= 0.3 is 5.97 Å². The van der Waals surface area contributed by atoms with Gasteiger partial charge in [0.05, 0.1) is 22.7 Å². The van der Waals surface area contributed by atoms with Crippen LogP contribution >= 0.6 is 11.9 Å². The highest BCUT2D eigenvalue weighted by Crippen LogP contribution is 2.38. The standard InChI is InChI=1S/C27H32N4O3S.C2H6/c1-17-8-9-19(14-20(17)16-31-12-13-34-24-6-4-5-7-25(24)35-31)22(15-26(32)33)21-10-11-23(30(3)29)27(28)18(21)2;1-2/h4-11,14,22H,12-13,15-16,28-29H2,1-3H3,(H,32,33);1-2H3. The lowest BCUT2D eigenvalue weighted by Gasteiger charge is -2.25. The number of anilines is 2. The SMILES string of the molecule is CC.Cc1ccc(C(CC(=O)O)c2ccc(N(C)N)c(N)c2C)cc1CN1CCOc2ccccc2S1. The van der Waals surface area contributed by atoms with Crippen LogP contribution in [0.4, 0.5) is 11.4 Å². The number of benzene rings is 3. The second-order valence-corrected chi connectivity index (χ2v) is 10.0. The summed E-state index contributed by atoms with van der Waals surface area (Å²) in [5.41, 5.74) is 12.7. The number of nitrogen functional groups attached to an aromatic ring is 1. The second-order valence-electron chi connectivity index (χ2n) is 8.91. The third kappa shape index (κ3) is 6.77. The predicted molar refractivity (Wildman–Crippen MR) is 153 cm³/mol. The van der Waals surface area contributed by atoms with E-state index in [4.69, 9.17) is 16.3 Å². The van der Waals surface area contributed by atoms with Gasteiger partial charge in [-0.05, 0) is 71.8 Å². The van der Waals surface area contributed by atoms with E-state index >= 15 is 0 Å². The van der Waals surface area contributed by atoms with Crippen molar-refractivity contribution in [2.24, 2.45) is 5.84 Å². The number of hydrogen-bond acceptors (Lipinski definition) is 7. The molecule has 1 aliphatic heterocycles. The maximum Gasteiger partial charge on any atom is 0.304 e. The largest absolute Gasteiger partial charge is 0.491 e. The highest BCUT2D eigenvalue weighted by molar-refractivity contribution is 7.97. The third-order valence-corrected chi connectivity index (χ3v) is 7.57. The number of rotatable bonds is 7. The Morgan fingerprint density at radius 1 is 1.16 bits per heavy atom. The van der Waals surface area contributed by atoms with Crippen LogP contribution in [0.25, 0.3) is 0 Å². The first kappa shape index (κ1) is 28.4. The Kier molecular flexibility index (Phi) is 9.86. The molecular weight excluding hydrogens is 484 g/mol. The van der Waals surface area contributed by atoms with Gasteiger partial charge in [-0.1, -0.05) is 50.2 Å². The zero-order chi connectivity index (χ0) is 27.1. The molecule has 37 heavy (non-hydrogen) atoms. The van der Waals surface area contributed by atoms with Gasteiger partial charge in [0.15, 0.2) is 0 Å². The monoisotopic (exact) mass is 522 g/mol. The number of nitrogens with zero attached hydrogens (tertiary/aromatic N) is 2. The van der Waals surface area contributed by atoms with Crippen LogP contribution in [0.1, 0.15) is 54.0 Å². The Hall–Kier alpha value is -3.20. The Morgan fingerprint density at radius 2 is 1.89 bits per heavy atom. The fourth-order valence-corrected chi connectivity index (χ4v) is 5.47. The van der Waals surface area contributed by atoms with Crippen molar-refractivity contribution in [2.75, 3.05) is 30.9 Å². The van der Waals surface area contributed by atoms with Crippen molar-refractivity contribution in [3.63, 3.8) is 0 Å². The summed E-state index contributed by atoms with van der Waals surface area (Å²) in [6.07, 6.45) is -0.0275. The number of aliphatic carboxylic acids is 1. The molecule has 4 rings (SSSR count). The van der Waals surface area contributed by atoms with Crippen LogP contribution in [-0.2, 0) is 11.3 Å². The molecule has 5 N–H and O–H groups in total. The van der Waals surface area contributed by atoms with E-state index in [9.17, 15) is 9.90 Å². The Bertz CT molecular complexity index is 1230. The van der Waals surface area contributed by atoms with E-state index < -0.39 is 5.97 Å². The zero-order valence-corrected chi connectivity index (χ0v) is 23.1. The third-order valence-electron chi connectivity index (χ3n) is 6.46. The van der Waals surface area contributed by atoms with Gasteiger partial charge in [-0.3, -0.25) is 4.79 Å². The maximum atomic E-state index is 11.9. The topological polar surface area (TPSA) is 105 Å². The van der Waals surface area contributed by atoms with Crippen molar-refractivity contribution in [3.8, 4) is 5.75 Å². The first-order valence-corrected chi connectivity index (χ1v) is 13.3. The Balaban J connectivity index is 0.00000186. The van der Waals surface area contributed by atoms with Crippen LogP contribution in [0.5, 0.6) is 5.75 Å². The molecule has 198 valence electrons. The molecule has 1 aliphatic rings. The highest BCUT2D eigenvalue weighted by Gasteiger charge is 2.24. The molecule has 8 heteroatoms. The van der Waals surface area contributed by atoms with Gasteiger partial charge < -0.3 is 20.6 Å². The minimum atomic E-state index is -0.855. The highest BCUT2D eigenvalue weighted by atomic mass is 32.2. The molecule has 0 bridgehead atoms. The molecule has 0 radical (unpaired) electrons. The molecule has 3 aromatic carbocycles. The molecule has 0 saturated carbocycles. The average molecular weight is 523 g/mol. The lowest BCUT2D eigenvalue weighted by Crippen LogP contribution is -2.26. The van der Waals surface area contributed by atoms with Crippen molar-refractivity contribution in [3.05, 3.63) is 82.4 Å². The smallest absolute Gasteiger partial charge is 0.304 e. The molecule has 1 unspecified atom stereocenters. The first-order chi connectivity index (χ1) is 17.7. The summed E-state index contributed by atoms with van der Waals surface area (Å²) in [5, 5.41) is 11.2. The van der Waals surface area contributed by atoms with Crippen LogP contribution in [0.2, 0.25) is 0 Å². The average Bonchev–Trinajstić information content (AvgIpc) is 3.08. The number of carbonyl (C=O) groups is 1. The minimum absolute atomic E-state index is 0.0275. The number of carboxylic acid groups (broad SMARTS) is 1. The van der Waals surface area contributed by atoms with Crippen molar-refractivity contribution in [1.29, 1.82) is 0 Å². The lowest BCUT2D eigenvalue weighted by atomic mass is 9.84. The second kappa shape index (κ2) is 12.9. The summed E-state index contributed by atoms with van der Waals surface area (Å²) in [6.45, 7) is 10.1. The fraction of sp³-hybridized carbons (Fsp3) is 0.345. The van der Waals surface area contributed by atoms with E-state index in [2.05, 4.69) is 29.4 Å². The number of fused-ring (bicyclic) bond motifs is 1.